The van der Waals surface area contributed by atoms with Crippen LogP contribution in [0.1, 0.15) is 23.4 Å². The van der Waals surface area contributed by atoms with E-state index in [0.29, 0.717) is 13.0 Å². The van der Waals surface area contributed by atoms with Crippen molar-refractivity contribution in [1.82, 2.24) is 14.3 Å². The first-order chi connectivity index (χ1) is 14.7. The van der Waals surface area contributed by atoms with Crippen LogP contribution in [-0.2, 0) is 11.2 Å². The van der Waals surface area contributed by atoms with Crippen molar-refractivity contribution < 1.29 is 4.79 Å². The number of benzene rings is 2. The Hall–Kier alpha value is -2.70. The number of nitrogens with zero attached hydrogens (tertiary/aromatic N) is 4. The van der Waals surface area contributed by atoms with Gasteiger partial charge in [0.25, 0.3) is 0 Å². The Balaban J connectivity index is 1.34. The maximum absolute atomic E-state index is 12.6. The first kappa shape index (κ1) is 20.6. The molecule has 5 nitrogen and oxygen atoms in total. The quantitative estimate of drug-likeness (QED) is 0.549. The van der Waals surface area contributed by atoms with Gasteiger partial charge in [-0.1, -0.05) is 54.1 Å². The highest BCUT2D eigenvalue weighted by Gasteiger charge is 2.20. The van der Waals surface area contributed by atoms with Crippen molar-refractivity contribution in [2.45, 2.75) is 12.8 Å². The summed E-state index contributed by atoms with van der Waals surface area (Å²) in [7, 11) is 0. The summed E-state index contributed by atoms with van der Waals surface area (Å²) in [6.07, 6.45) is 5.15. The van der Waals surface area contributed by atoms with Crippen LogP contribution in [0.4, 0.5) is 5.13 Å². The number of carbonyl (C=O) groups is 1. The fourth-order valence-electron chi connectivity index (χ4n) is 3.40. The molecule has 0 spiro atoms. The van der Waals surface area contributed by atoms with Gasteiger partial charge in [-0.25, -0.2) is 4.98 Å². The average molecular weight is 439 g/mol. The molecule has 2 heterocycles. The summed E-state index contributed by atoms with van der Waals surface area (Å²) in [4.78, 5) is 21.5. The van der Waals surface area contributed by atoms with E-state index >= 15 is 0 Å². The molecule has 1 fully saturated rings. The van der Waals surface area contributed by atoms with E-state index in [2.05, 4.69) is 9.27 Å². The molecular weight excluding hydrogens is 416 g/mol. The highest BCUT2D eigenvalue weighted by Crippen LogP contribution is 2.21. The van der Waals surface area contributed by atoms with Crippen LogP contribution in [0.25, 0.3) is 6.08 Å². The maximum atomic E-state index is 12.6. The van der Waals surface area contributed by atoms with Gasteiger partial charge in [-0.2, -0.15) is 4.37 Å². The molecule has 3 aromatic rings. The Bertz CT molecular complexity index is 1000. The zero-order chi connectivity index (χ0) is 20.8. The van der Waals surface area contributed by atoms with Gasteiger partial charge in [0.1, 0.15) is 5.82 Å². The molecule has 1 aromatic heterocycles. The molecule has 1 saturated heterocycles. The highest BCUT2D eigenvalue weighted by molar-refractivity contribution is 7.09. The van der Waals surface area contributed by atoms with E-state index in [1.165, 1.54) is 11.5 Å². The van der Waals surface area contributed by atoms with Gasteiger partial charge in [-0.05, 0) is 35.8 Å². The van der Waals surface area contributed by atoms with Crippen molar-refractivity contribution >= 4 is 40.2 Å². The smallest absolute Gasteiger partial charge is 0.246 e. The Morgan fingerprint density at radius 2 is 1.83 bits per heavy atom. The molecule has 4 rings (SSSR count). The molecule has 30 heavy (non-hydrogen) atoms. The summed E-state index contributed by atoms with van der Waals surface area (Å²) in [6.45, 7) is 3.08. The van der Waals surface area contributed by atoms with Gasteiger partial charge in [0.2, 0.25) is 11.0 Å². The Kier molecular flexibility index (Phi) is 6.77. The summed E-state index contributed by atoms with van der Waals surface area (Å²) >= 11 is 7.38. The van der Waals surface area contributed by atoms with E-state index < -0.39 is 0 Å². The predicted molar refractivity (Wildman–Crippen MR) is 123 cm³/mol. The number of hydrogen-bond acceptors (Lipinski definition) is 5. The van der Waals surface area contributed by atoms with Crippen molar-refractivity contribution in [1.29, 1.82) is 0 Å². The van der Waals surface area contributed by atoms with Gasteiger partial charge in [-0.15, -0.1) is 0 Å². The number of rotatable bonds is 5. The monoisotopic (exact) mass is 438 g/mol. The van der Waals surface area contributed by atoms with Crippen LogP contribution in [-0.4, -0.2) is 46.3 Å². The molecule has 0 atom stereocenters. The van der Waals surface area contributed by atoms with Crippen LogP contribution in [0.2, 0.25) is 5.02 Å². The molecule has 154 valence electrons. The summed E-state index contributed by atoms with van der Waals surface area (Å²) in [5, 5.41) is 1.65. The van der Waals surface area contributed by atoms with Gasteiger partial charge in [0.15, 0.2) is 0 Å². The van der Waals surface area contributed by atoms with Crippen LogP contribution >= 0.6 is 23.1 Å². The average Bonchev–Trinajstić information content (AvgIpc) is 3.09. The molecule has 0 aliphatic carbocycles. The normalized spacial score (nSPS) is 14.8. The minimum Gasteiger partial charge on any atom is -0.345 e. The van der Waals surface area contributed by atoms with Crippen LogP contribution < -0.4 is 4.90 Å². The molecule has 1 aliphatic rings. The lowest BCUT2D eigenvalue weighted by atomic mass is 10.1. The highest BCUT2D eigenvalue weighted by atomic mass is 35.5. The first-order valence-electron chi connectivity index (χ1n) is 10.0. The Labute approximate surface area is 185 Å². The molecule has 0 radical (unpaired) electrons. The second-order valence-electron chi connectivity index (χ2n) is 7.21. The third kappa shape index (κ3) is 5.46. The molecule has 0 bridgehead atoms. The van der Waals surface area contributed by atoms with Crippen molar-refractivity contribution in [3.63, 3.8) is 0 Å². The fraction of sp³-hybridized carbons (Fsp3) is 0.261. The Morgan fingerprint density at radius 3 is 2.63 bits per heavy atom. The minimum atomic E-state index is 0.0568. The molecule has 1 amide bonds. The van der Waals surface area contributed by atoms with Gasteiger partial charge in [0, 0.05) is 55.2 Å². The molecule has 7 heteroatoms. The lowest BCUT2D eigenvalue weighted by Gasteiger charge is -2.20. The Morgan fingerprint density at radius 1 is 1.03 bits per heavy atom. The van der Waals surface area contributed by atoms with E-state index in [1.54, 1.807) is 6.08 Å². The van der Waals surface area contributed by atoms with Gasteiger partial charge in [0.05, 0.1) is 0 Å². The molecular formula is C23H23ClN4OS. The van der Waals surface area contributed by atoms with Gasteiger partial charge < -0.3 is 9.80 Å². The zero-order valence-corrected chi connectivity index (χ0v) is 18.1. The minimum absolute atomic E-state index is 0.0568. The molecule has 1 aliphatic heterocycles. The number of carbonyl (C=O) groups excluding carboxylic acids is 1. The zero-order valence-electron chi connectivity index (χ0n) is 16.6. The summed E-state index contributed by atoms with van der Waals surface area (Å²) in [5.74, 6) is 0.877. The number of aromatic nitrogens is 2. The molecule has 0 N–H and O–H groups in total. The SMILES string of the molecule is O=C(C=Cc1ccccc1)N1CCCN(c2nc(Cc3ccc(Cl)cc3)ns2)CC1. The third-order valence-electron chi connectivity index (χ3n) is 5.03. The topological polar surface area (TPSA) is 49.3 Å². The van der Waals surface area contributed by atoms with E-state index in [-0.39, 0.29) is 5.91 Å². The third-order valence-corrected chi connectivity index (χ3v) is 6.10. The van der Waals surface area contributed by atoms with Crippen molar-refractivity contribution in [3.05, 3.63) is 82.6 Å². The van der Waals surface area contributed by atoms with Crippen LogP contribution in [0.5, 0.6) is 0 Å². The number of amides is 1. The van der Waals surface area contributed by atoms with E-state index in [1.807, 2.05) is 65.6 Å². The van der Waals surface area contributed by atoms with Crippen LogP contribution in [0, 0.1) is 0 Å². The lowest BCUT2D eigenvalue weighted by Crippen LogP contribution is -2.34. The lowest BCUT2D eigenvalue weighted by molar-refractivity contribution is -0.125. The fourth-order valence-corrected chi connectivity index (χ4v) is 4.26. The van der Waals surface area contributed by atoms with Crippen LogP contribution in [0.15, 0.2) is 60.7 Å². The number of halogens is 1. The van der Waals surface area contributed by atoms with E-state index in [4.69, 9.17) is 16.6 Å². The van der Waals surface area contributed by atoms with E-state index in [0.717, 1.165) is 53.2 Å². The number of hydrogen-bond donors (Lipinski definition) is 0. The molecule has 2 aromatic carbocycles. The maximum Gasteiger partial charge on any atom is 0.246 e. The van der Waals surface area contributed by atoms with Gasteiger partial charge >= 0.3 is 0 Å². The van der Waals surface area contributed by atoms with Crippen molar-refractivity contribution in [2.24, 2.45) is 0 Å². The second-order valence-corrected chi connectivity index (χ2v) is 8.37. The summed E-state index contributed by atoms with van der Waals surface area (Å²) in [5.41, 5.74) is 2.17. The van der Waals surface area contributed by atoms with Gasteiger partial charge in [-0.3, -0.25) is 4.79 Å². The predicted octanol–water partition coefficient (Wildman–Crippen LogP) is 4.53. The van der Waals surface area contributed by atoms with E-state index in [9.17, 15) is 4.79 Å². The number of anilines is 1. The second kappa shape index (κ2) is 9.87. The summed E-state index contributed by atoms with van der Waals surface area (Å²) < 4.78 is 4.52. The largest absolute Gasteiger partial charge is 0.345 e. The molecule has 0 saturated carbocycles. The molecule has 0 unspecified atom stereocenters. The van der Waals surface area contributed by atoms with Crippen molar-refractivity contribution in [2.75, 3.05) is 31.1 Å². The van der Waals surface area contributed by atoms with Crippen molar-refractivity contribution in [3.8, 4) is 0 Å². The first-order valence-corrected chi connectivity index (χ1v) is 11.2. The summed E-state index contributed by atoms with van der Waals surface area (Å²) in [6, 6.07) is 17.7. The van der Waals surface area contributed by atoms with Crippen LogP contribution in [0.3, 0.4) is 0 Å². The standard InChI is InChI=1S/C23H23ClN4OS/c24-20-10-7-19(8-11-20)17-21-25-23(30-26-21)28-14-4-13-27(15-16-28)22(29)12-9-18-5-2-1-3-6-18/h1-3,5-12H,4,13-17H2.